The highest BCUT2D eigenvalue weighted by Gasteiger charge is 2.25. The number of imidazole rings is 1. The highest BCUT2D eigenvalue weighted by atomic mass is 32.1. The van der Waals surface area contributed by atoms with Gasteiger partial charge in [-0.2, -0.15) is 0 Å². The van der Waals surface area contributed by atoms with Crippen molar-refractivity contribution in [3.8, 4) is 0 Å². The smallest absolute Gasteiger partial charge is 0.137 e. The fourth-order valence-corrected chi connectivity index (χ4v) is 4.80. The lowest BCUT2D eigenvalue weighted by molar-refractivity contribution is 0.566. The van der Waals surface area contributed by atoms with E-state index in [4.69, 9.17) is 4.98 Å². The highest BCUT2D eigenvalue weighted by molar-refractivity contribution is 7.17. The van der Waals surface area contributed by atoms with Gasteiger partial charge in [-0.3, -0.25) is 0 Å². The van der Waals surface area contributed by atoms with Crippen molar-refractivity contribution in [3.05, 3.63) is 69.5 Å². The lowest BCUT2D eigenvalue weighted by Gasteiger charge is -2.18. The molecule has 0 fully saturated rings. The molecule has 26 heavy (non-hydrogen) atoms. The number of hydrogen-bond acceptors (Lipinski definition) is 2. The summed E-state index contributed by atoms with van der Waals surface area (Å²) in [6.45, 7) is 13.3. The number of aromatic nitrogens is 2. The van der Waals surface area contributed by atoms with Crippen LogP contribution in [-0.2, 0) is 11.8 Å². The minimum atomic E-state index is 0.0179. The SMILES string of the molecule is Cc1cc2nc(C(C)(C)C)c(Cc3csc4cccc(C)c34)n2cc1C. The van der Waals surface area contributed by atoms with Crippen molar-refractivity contribution in [1.82, 2.24) is 9.38 Å². The molecular weight excluding hydrogens is 336 g/mol. The topological polar surface area (TPSA) is 17.3 Å². The lowest BCUT2D eigenvalue weighted by atomic mass is 9.89. The quantitative estimate of drug-likeness (QED) is 0.405. The van der Waals surface area contributed by atoms with Crippen LogP contribution >= 0.6 is 11.3 Å². The molecule has 0 N–H and O–H groups in total. The van der Waals surface area contributed by atoms with E-state index >= 15 is 0 Å². The molecule has 3 aromatic heterocycles. The average Bonchev–Trinajstić information content (AvgIpc) is 3.12. The van der Waals surface area contributed by atoms with Crippen LogP contribution in [-0.4, -0.2) is 9.38 Å². The molecule has 3 heterocycles. The maximum atomic E-state index is 5.04. The maximum Gasteiger partial charge on any atom is 0.137 e. The van der Waals surface area contributed by atoms with Crippen molar-refractivity contribution >= 4 is 27.1 Å². The molecule has 2 nitrogen and oxygen atoms in total. The molecule has 0 bridgehead atoms. The Balaban J connectivity index is 1.96. The van der Waals surface area contributed by atoms with E-state index in [0.717, 1.165) is 12.1 Å². The second-order valence-electron chi connectivity index (χ2n) is 8.41. The van der Waals surface area contributed by atoms with E-state index in [1.54, 1.807) is 0 Å². The molecule has 0 unspecified atom stereocenters. The Morgan fingerprint density at radius 2 is 1.81 bits per heavy atom. The molecule has 4 aromatic rings. The zero-order valence-electron chi connectivity index (χ0n) is 16.5. The minimum Gasteiger partial charge on any atom is -0.303 e. The van der Waals surface area contributed by atoms with Gasteiger partial charge in [-0.1, -0.05) is 32.9 Å². The van der Waals surface area contributed by atoms with E-state index in [1.807, 2.05) is 11.3 Å². The van der Waals surface area contributed by atoms with Crippen molar-refractivity contribution in [2.45, 2.75) is 53.4 Å². The van der Waals surface area contributed by atoms with Gasteiger partial charge in [0.2, 0.25) is 0 Å². The van der Waals surface area contributed by atoms with E-state index in [-0.39, 0.29) is 5.41 Å². The Hall–Kier alpha value is -2.13. The first-order valence-electron chi connectivity index (χ1n) is 9.20. The third-order valence-corrected chi connectivity index (χ3v) is 6.28. The molecule has 0 radical (unpaired) electrons. The number of nitrogens with zero attached hydrogens (tertiary/aromatic N) is 2. The number of aryl methyl sites for hydroxylation is 3. The minimum absolute atomic E-state index is 0.0179. The van der Waals surface area contributed by atoms with Gasteiger partial charge in [-0.25, -0.2) is 4.98 Å². The van der Waals surface area contributed by atoms with Crippen LogP contribution in [0.2, 0.25) is 0 Å². The van der Waals surface area contributed by atoms with Crippen LogP contribution in [0.25, 0.3) is 15.7 Å². The van der Waals surface area contributed by atoms with E-state index in [1.165, 1.54) is 43.7 Å². The Morgan fingerprint density at radius 1 is 1.04 bits per heavy atom. The summed E-state index contributed by atoms with van der Waals surface area (Å²) in [5.41, 5.74) is 8.97. The van der Waals surface area contributed by atoms with Crippen LogP contribution in [0, 0.1) is 20.8 Å². The molecule has 0 aliphatic heterocycles. The maximum absolute atomic E-state index is 5.04. The van der Waals surface area contributed by atoms with Crippen LogP contribution in [0.4, 0.5) is 0 Å². The Kier molecular flexibility index (Phi) is 3.96. The monoisotopic (exact) mass is 362 g/mol. The first-order valence-corrected chi connectivity index (χ1v) is 10.1. The van der Waals surface area contributed by atoms with Gasteiger partial charge in [0.1, 0.15) is 5.65 Å². The third-order valence-electron chi connectivity index (χ3n) is 5.28. The molecule has 0 amide bonds. The van der Waals surface area contributed by atoms with Crippen molar-refractivity contribution in [1.29, 1.82) is 0 Å². The largest absolute Gasteiger partial charge is 0.303 e. The van der Waals surface area contributed by atoms with E-state index in [2.05, 4.69) is 81.8 Å². The van der Waals surface area contributed by atoms with Gasteiger partial charge in [0, 0.05) is 22.7 Å². The number of thiophene rings is 1. The number of rotatable bonds is 2. The molecule has 4 rings (SSSR count). The third kappa shape index (κ3) is 2.75. The normalized spacial score (nSPS) is 12.4. The van der Waals surface area contributed by atoms with Gasteiger partial charge in [0.05, 0.1) is 11.4 Å². The van der Waals surface area contributed by atoms with Crippen molar-refractivity contribution in [2.24, 2.45) is 0 Å². The second kappa shape index (κ2) is 5.95. The van der Waals surface area contributed by atoms with E-state index < -0.39 is 0 Å². The first kappa shape index (κ1) is 17.3. The van der Waals surface area contributed by atoms with Gasteiger partial charge in [-0.15, -0.1) is 11.3 Å². The summed E-state index contributed by atoms with van der Waals surface area (Å²) in [4.78, 5) is 5.04. The second-order valence-corrected chi connectivity index (χ2v) is 9.32. The molecule has 0 saturated heterocycles. The number of hydrogen-bond donors (Lipinski definition) is 0. The summed E-state index contributed by atoms with van der Waals surface area (Å²) in [5.74, 6) is 0. The van der Waals surface area contributed by atoms with Gasteiger partial charge in [0.15, 0.2) is 0 Å². The van der Waals surface area contributed by atoms with Crippen LogP contribution in [0.3, 0.4) is 0 Å². The highest BCUT2D eigenvalue weighted by Crippen LogP contribution is 2.34. The van der Waals surface area contributed by atoms with Crippen LogP contribution in [0.15, 0.2) is 35.8 Å². The van der Waals surface area contributed by atoms with E-state index in [0.29, 0.717) is 0 Å². The Bertz CT molecular complexity index is 1120. The van der Waals surface area contributed by atoms with Gasteiger partial charge in [-0.05, 0) is 65.9 Å². The molecule has 134 valence electrons. The zero-order valence-corrected chi connectivity index (χ0v) is 17.3. The molecule has 1 aromatic carbocycles. The molecule has 0 saturated carbocycles. The molecule has 3 heteroatoms. The fourth-order valence-electron chi connectivity index (χ4n) is 3.76. The molecule has 0 aliphatic carbocycles. The van der Waals surface area contributed by atoms with Crippen LogP contribution < -0.4 is 0 Å². The predicted octanol–water partition coefficient (Wildman–Crippen LogP) is 6.36. The molecule has 0 spiro atoms. The van der Waals surface area contributed by atoms with Crippen LogP contribution in [0.1, 0.15) is 54.4 Å². The number of benzene rings is 1. The average molecular weight is 363 g/mol. The first-order chi connectivity index (χ1) is 12.3. The van der Waals surface area contributed by atoms with Crippen molar-refractivity contribution in [2.75, 3.05) is 0 Å². The molecular formula is C23H26N2S. The van der Waals surface area contributed by atoms with Crippen molar-refractivity contribution in [3.63, 3.8) is 0 Å². The lowest BCUT2D eigenvalue weighted by Crippen LogP contribution is -2.15. The standard InChI is InChI=1S/C23H26N2S/c1-14-8-7-9-19-21(14)17(13-26-19)11-18-22(23(4,5)6)24-20-10-15(2)16(3)12-25(18)20/h7-10,12-13H,11H2,1-6H3. The summed E-state index contributed by atoms with van der Waals surface area (Å²) in [6, 6.07) is 8.80. The van der Waals surface area contributed by atoms with Crippen molar-refractivity contribution < 1.29 is 0 Å². The summed E-state index contributed by atoms with van der Waals surface area (Å²) in [6.07, 6.45) is 3.17. The fraction of sp³-hybridized carbons (Fsp3) is 0.348. The number of fused-ring (bicyclic) bond motifs is 2. The van der Waals surface area contributed by atoms with E-state index in [9.17, 15) is 0 Å². The van der Waals surface area contributed by atoms with Crippen LogP contribution in [0.5, 0.6) is 0 Å². The number of pyridine rings is 1. The Labute approximate surface area is 159 Å². The van der Waals surface area contributed by atoms with Gasteiger partial charge >= 0.3 is 0 Å². The Morgan fingerprint density at radius 3 is 2.54 bits per heavy atom. The molecule has 0 aliphatic rings. The summed E-state index contributed by atoms with van der Waals surface area (Å²) >= 11 is 1.84. The molecule has 0 atom stereocenters. The van der Waals surface area contributed by atoms with Gasteiger partial charge in [0.25, 0.3) is 0 Å². The predicted molar refractivity (Wildman–Crippen MR) is 113 cm³/mol. The summed E-state index contributed by atoms with van der Waals surface area (Å²) < 4.78 is 3.68. The zero-order chi connectivity index (χ0) is 18.6. The summed E-state index contributed by atoms with van der Waals surface area (Å²) in [5, 5.41) is 3.74. The summed E-state index contributed by atoms with van der Waals surface area (Å²) in [7, 11) is 0. The van der Waals surface area contributed by atoms with Gasteiger partial charge < -0.3 is 4.40 Å².